The van der Waals surface area contributed by atoms with Gasteiger partial charge in [0.1, 0.15) is 0 Å². The van der Waals surface area contributed by atoms with Crippen LogP contribution >= 0.6 is 0 Å². The van der Waals surface area contributed by atoms with Gasteiger partial charge in [0, 0.05) is 20.3 Å². The van der Waals surface area contributed by atoms with Gasteiger partial charge in [-0.1, -0.05) is 5.21 Å². The fourth-order valence-corrected chi connectivity index (χ4v) is 1.03. The quantitative estimate of drug-likeness (QED) is 0.567. The Morgan fingerprint density at radius 3 is 2.81 bits per heavy atom. The number of methoxy groups -OCH3 is 1. The van der Waals surface area contributed by atoms with E-state index in [0.717, 1.165) is 6.20 Å². The molecule has 1 heterocycles. The average molecular weight is 237 g/mol. The number of Topliss-reactive ketones (excluding diaryl/α,β-unsaturated/α-hetero) is 1. The minimum Gasteiger partial charge on any atom is -0.385 e. The van der Waals surface area contributed by atoms with Crippen LogP contribution in [-0.4, -0.2) is 40.7 Å². The lowest BCUT2D eigenvalue weighted by atomic mass is 10.3. The normalized spacial score (nSPS) is 11.8. The summed E-state index contributed by atoms with van der Waals surface area (Å²) in [6.45, 7) is 0.814. The molecular formula is C8H10F3N3O2. The van der Waals surface area contributed by atoms with E-state index in [9.17, 15) is 18.0 Å². The highest BCUT2D eigenvalue weighted by Gasteiger charge is 2.41. The van der Waals surface area contributed by atoms with E-state index in [-0.39, 0.29) is 0 Å². The highest BCUT2D eigenvalue weighted by atomic mass is 19.4. The number of hydrogen-bond acceptors (Lipinski definition) is 4. The zero-order chi connectivity index (χ0) is 12.2. The Morgan fingerprint density at radius 1 is 1.56 bits per heavy atom. The molecule has 1 rings (SSSR count). The maximum Gasteiger partial charge on any atom is 0.456 e. The summed E-state index contributed by atoms with van der Waals surface area (Å²) in [6.07, 6.45) is -3.35. The molecule has 0 N–H and O–H groups in total. The molecule has 0 aliphatic heterocycles. The first-order chi connectivity index (χ1) is 7.45. The van der Waals surface area contributed by atoms with Crippen LogP contribution in [0.4, 0.5) is 13.2 Å². The highest BCUT2D eigenvalue weighted by molar-refractivity contribution is 5.98. The number of hydrogen-bond donors (Lipinski definition) is 0. The number of rotatable bonds is 5. The summed E-state index contributed by atoms with van der Waals surface area (Å²) in [7, 11) is 1.51. The van der Waals surface area contributed by atoms with Gasteiger partial charge >= 0.3 is 6.18 Å². The van der Waals surface area contributed by atoms with Crippen LogP contribution in [0.2, 0.25) is 0 Å². The molecule has 0 saturated carbocycles. The van der Waals surface area contributed by atoms with Crippen molar-refractivity contribution in [1.29, 1.82) is 0 Å². The van der Waals surface area contributed by atoms with Crippen molar-refractivity contribution in [3.05, 3.63) is 11.9 Å². The Bertz CT molecular complexity index is 362. The second-order valence-electron chi connectivity index (χ2n) is 3.04. The van der Waals surface area contributed by atoms with Gasteiger partial charge in [-0.3, -0.25) is 9.48 Å². The monoisotopic (exact) mass is 237 g/mol. The molecule has 1 aromatic rings. The first-order valence-corrected chi connectivity index (χ1v) is 4.45. The summed E-state index contributed by atoms with van der Waals surface area (Å²) in [6, 6.07) is 0. The molecule has 0 spiro atoms. The topological polar surface area (TPSA) is 57.0 Å². The predicted octanol–water partition coefficient (Wildman–Crippen LogP) is 1.06. The second-order valence-corrected chi connectivity index (χ2v) is 3.04. The van der Waals surface area contributed by atoms with E-state index in [1.807, 2.05) is 0 Å². The Hall–Kier alpha value is -1.44. The third-order valence-corrected chi connectivity index (χ3v) is 1.76. The van der Waals surface area contributed by atoms with Crippen LogP contribution in [-0.2, 0) is 11.3 Å². The number of nitrogens with zero attached hydrogens (tertiary/aromatic N) is 3. The van der Waals surface area contributed by atoms with Gasteiger partial charge in [0.15, 0.2) is 5.69 Å². The van der Waals surface area contributed by atoms with E-state index in [1.54, 1.807) is 0 Å². The molecule has 0 radical (unpaired) electrons. The molecule has 0 unspecified atom stereocenters. The number of ether oxygens (including phenoxy) is 1. The van der Waals surface area contributed by atoms with Crippen LogP contribution in [0.1, 0.15) is 16.9 Å². The Labute approximate surface area is 89.2 Å². The molecule has 90 valence electrons. The van der Waals surface area contributed by atoms with Crippen molar-refractivity contribution in [1.82, 2.24) is 15.0 Å². The predicted molar refractivity (Wildman–Crippen MR) is 46.9 cm³/mol. The lowest BCUT2D eigenvalue weighted by molar-refractivity contribution is -0.0888. The zero-order valence-corrected chi connectivity index (χ0v) is 8.49. The van der Waals surface area contributed by atoms with E-state index in [1.165, 1.54) is 11.8 Å². The van der Waals surface area contributed by atoms with Crippen LogP contribution in [0.3, 0.4) is 0 Å². The number of ketones is 1. The molecule has 0 aromatic carbocycles. The maximum atomic E-state index is 12.0. The molecule has 0 aliphatic carbocycles. The van der Waals surface area contributed by atoms with Crippen molar-refractivity contribution >= 4 is 5.78 Å². The Kier molecular flexibility index (Phi) is 3.99. The minimum atomic E-state index is -4.91. The highest BCUT2D eigenvalue weighted by Crippen LogP contribution is 2.19. The molecule has 0 saturated heterocycles. The summed E-state index contributed by atoms with van der Waals surface area (Å²) in [4.78, 5) is 10.7. The van der Waals surface area contributed by atoms with Crippen molar-refractivity contribution in [2.24, 2.45) is 0 Å². The van der Waals surface area contributed by atoms with Gasteiger partial charge in [-0.15, -0.1) is 5.10 Å². The molecule has 0 fully saturated rings. The number of carbonyl (C=O) groups is 1. The van der Waals surface area contributed by atoms with Gasteiger partial charge in [0.2, 0.25) is 0 Å². The number of aromatic nitrogens is 3. The van der Waals surface area contributed by atoms with Gasteiger partial charge in [0.25, 0.3) is 5.78 Å². The van der Waals surface area contributed by atoms with Crippen molar-refractivity contribution in [2.75, 3.05) is 13.7 Å². The first-order valence-electron chi connectivity index (χ1n) is 4.45. The van der Waals surface area contributed by atoms with Crippen molar-refractivity contribution in [2.45, 2.75) is 19.1 Å². The molecular weight excluding hydrogens is 227 g/mol. The molecule has 0 amide bonds. The standard InChI is InChI=1S/C8H10F3N3O2/c1-16-4-2-3-14-5-6(12-13-14)7(15)8(9,10)11/h5H,2-4H2,1H3. The van der Waals surface area contributed by atoms with E-state index < -0.39 is 17.7 Å². The third-order valence-electron chi connectivity index (χ3n) is 1.76. The minimum absolute atomic E-state index is 0.353. The molecule has 16 heavy (non-hydrogen) atoms. The Balaban J connectivity index is 2.61. The molecule has 1 aromatic heterocycles. The van der Waals surface area contributed by atoms with Crippen molar-refractivity contribution in [3.63, 3.8) is 0 Å². The van der Waals surface area contributed by atoms with Crippen molar-refractivity contribution < 1.29 is 22.7 Å². The van der Waals surface area contributed by atoms with Crippen LogP contribution in [0.5, 0.6) is 0 Å². The largest absolute Gasteiger partial charge is 0.456 e. The van der Waals surface area contributed by atoms with E-state index >= 15 is 0 Å². The lowest BCUT2D eigenvalue weighted by Crippen LogP contribution is -2.23. The van der Waals surface area contributed by atoms with E-state index in [2.05, 4.69) is 10.3 Å². The average Bonchev–Trinajstić information content (AvgIpc) is 2.64. The smallest absolute Gasteiger partial charge is 0.385 e. The SMILES string of the molecule is COCCCn1cc(C(=O)C(F)(F)F)nn1. The summed E-state index contributed by atoms with van der Waals surface area (Å²) >= 11 is 0. The third kappa shape index (κ3) is 3.30. The van der Waals surface area contributed by atoms with Crippen LogP contribution in [0.25, 0.3) is 0 Å². The molecule has 0 bridgehead atoms. The Morgan fingerprint density at radius 2 is 2.25 bits per heavy atom. The fraction of sp³-hybridized carbons (Fsp3) is 0.625. The van der Waals surface area contributed by atoms with Gasteiger partial charge in [-0.05, 0) is 6.42 Å². The molecule has 0 aliphatic rings. The number of alkyl halides is 3. The van der Waals surface area contributed by atoms with E-state index in [4.69, 9.17) is 4.74 Å². The fourth-order valence-electron chi connectivity index (χ4n) is 1.03. The number of carbonyl (C=O) groups excluding carboxylic acids is 1. The molecule has 8 heteroatoms. The summed E-state index contributed by atoms with van der Waals surface area (Å²) < 4.78 is 42.0. The lowest BCUT2D eigenvalue weighted by Gasteiger charge is -2.00. The van der Waals surface area contributed by atoms with Crippen LogP contribution in [0.15, 0.2) is 6.20 Å². The van der Waals surface area contributed by atoms with Gasteiger partial charge < -0.3 is 4.74 Å². The zero-order valence-electron chi connectivity index (χ0n) is 8.49. The first kappa shape index (κ1) is 12.6. The summed E-state index contributed by atoms with van der Waals surface area (Å²) in [5, 5.41) is 6.58. The summed E-state index contributed by atoms with van der Waals surface area (Å²) in [5.74, 6) is -1.98. The second kappa shape index (κ2) is 5.06. The maximum absolute atomic E-state index is 12.0. The summed E-state index contributed by atoms with van der Waals surface area (Å²) in [5.41, 5.74) is -0.690. The van der Waals surface area contributed by atoms with Gasteiger partial charge in [-0.25, -0.2) is 0 Å². The number of aryl methyl sites for hydroxylation is 1. The van der Waals surface area contributed by atoms with Crippen LogP contribution < -0.4 is 0 Å². The van der Waals surface area contributed by atoms with Gasteiger partial charge in [0.05, 0.1) is 6.20 Å². The number of halogens is 3. The molecule has 5 nitrogen and oxygen atoms in total. The van der Waals surface area contributed by atoms with Gasteiger partial charge in [-0.2, -0.15) is 13.2 Å². The molecule has 0 atom stereocenters. The van der Waals surface area contributed by atoms with Crippen molar-refractivity contribution in [3.8, 4) is 0 Å². The van der Waals surface area contributed by atoms with E-state index in [0.29, 0.717) is 19.6 Å². The van der Waals surface area contributed by atoms with Crippen LogP contribution in [0, 0.1) is 0 Å².